The van der Waals surface area contributed by atoms with Crippen molar-refractivity contribution in [2.24, 2.45) is 0 Å². The number of esters is 3. The maximum Gasteiger partial charge on any atom is 0.303 e. The Balaban J connectivity index is 3.01. The summed E-state index contributed by atoms with van der Waals surface area (Å²) in [7, 11) is 0. The average molecular weight is 288 g/mol. The Hall–Kier alpha value is -1.63. The predicted octanol–water partition coefficient (Wildman–Crippen LogP) is 0.589. The molecule has 1 heterocycles. The zero-order valence-corrected chi connectivity index (χ0v) is 12.2. The highest BCUT2D eigenvalue weighted by molar-refractivity contribution is 5.68. The van der Waals surface area contributed by atoms with Crippen LogP contribution in [0.3, 0.4) is 0 Å². The Labute approximate surface area is 117 Å². The van der Waals surface area contributed by atoms with Crippen LogP contribution < -0.4 is 0 Å². The van der Waals surface area contributed by atoms with E-state index in [1.807, 2.05) is 0 Å². The molecule has 0 aromatic heterocycles. The molecule has 1 rings (SSSR count). The van der Waals surface area contributed by atoms with Crippen molar-refractivity contribution in [2.75, 3.05) is 0 Å². The zero-order chi connectivity index (χ0) is 15.4. The van der Waals surface area contributed by atoms with Gasteiger partial charge in [-0.05, 0) is 13.8 Å². The van der Waals surface area contributed by atoms with Crippen molar-refractivity contribution < 1.29 is 33.3 Å². The smallest absolute Gasteiger partial charge is 0.303 e. The molecule has 0 aromatic rings. The molecule has 0 bridgehead atoms. The number of ether oxygens (including phenoxy) is 4. The van der Waals surface area contributed by atoms with Crippen molar-refractivity contribution in [1.29, 1.82) is 0 Å². The number of hydrogen-bond acceptors (Lipinski definition) is 7. The van der Waals surface area contributed by atoms with E-state index in [-0.39, 0.29) is 0 Å². The predicted molar refractivity (Wildman–Crippen MR) is 66.7 cm³/mol. The fourth-order valence-electron chi connectivity index (χ4n) is 2.25. The lowest BCUT2D eigenvalue weighted by molar-refractivity contribution is -0.240. The third-order valence-corrected chi connectivity index (χ3v) is 2.91. The molecular weight excluding hydrogens is 268 g/mol. The lowest BCUT2D eigenvalue weighted by Gasteiger charge is -2.42. The molecule has 20 heavy (non-hydrogen) atoms. The highest BCUT2D eigenvalue weighted by Crippen LogP contribution is 2.28. The van der Waals surface area contributed by atoms with E-state index in [0.29, 0.717) is 0 Å². The third-order valence-electron chi connectivity index (χ3n) is 2.91. The van der Waals surface area contributed by atoms with Crippen molar-refractivity contribution in [3.05, 3.63) is 0 Å². The van der Waals surface area contributed by atoms with Crippen LogP contribution in [-0.2, 0) is 33.3 Å². The maximum absolute atomic E-state index is 11.2. The number of carbonyl (C=O) groups excluding carboxylic acids is 3. The van der Waals surface area contributed by atoms with Crippen molar-refractivity contribution >= 4 is 17.9 Å². The Morgan fingerprint density at radius 2 is 1.00 bits per heavy atom. The van der Waals surface area contributed by atoms with Crippen LogP contribution in [0.5, 0.6) is 0 Å². The van der Waals surface area contributed by atoms with E-state index in [4.69, 9.17) is 18.9 Å². The quantitative estimate of drug-likeness (QED) is 0.554. The largest absolute Gasteiger partial charge is 0.456 e. The van der Waals surface area contributed by atoms with E-state index in [2.05, 4.69) is 0 Å². The van der Waals surface area contributed by atoms with Gasteiger partial charge in [-0.15, -0.1) is 0 Å². The Morgan fingerprint density at radius 1 is 0.700 bits per heavy atom. The van der Waals surface area contributed by atoms with Crippen LogP contribution in [0.15, 0.2) is 0 Å². The summed E-state index contributed by atoms with van der Waals surface area (Å²) in [6.07, 6.45) is -3.50. The average Bonchev–Trinajstić information content (AvgIpc) is 2.27. The third kappa shape index (κ3) is 4.19. The lowest BCUT2D eigenvalue weighted by Crippen LogP contribution is -2.59. The van der Waals surface area contributed by atoms with Crippen molar-refractivity contribution in [1.82, 2.24) is 0 Å². The molecule has 1 aliphatic heterocycles. The summed E-state index contributed by atoms with van der Waals surface area (Å²) in [5.41, 5.74) is 0. The molecule has 0 radical (unpaired) electrons. The Morgan fingerprint density at radius 3 is 1.30 bits per heavy atom. The maximum atomic E-state index is 11.2. The second kappa shape index (κ2) is 6.69. The Bertz CT molecular complexity index is 364. The topological polar surface area (TPSA) is 88.1 Å². The first-order chi connectivity index (χ1) is 9.22. The minimum Gasteiger partial charge on any atom is -0.456 e. The molecule has 0 aromatic carbocycles. The van der Waals surface area contributed by atoms with Gasteiger partial charge in [-0.1, -0.05) is 0 Å². The molecule has 0 spiro atoms. The minimum absolute atomic E-state index is 0.481. The van der Waals surface area contributed by atoms with E-state index in [9.17, 15) is 14.4 Å². The highest BCUT2D eigenvalue weighted by atomic mass is 16.6. The fraction of sp³-hybridized carbons (Fsp3) is 0.769. The van der Waals surface area contributed by atoms with E-state index < -0.39 is 48.4 Å². The van der Waals surface area contributed by atoms with Crippen LogP contribution in [0, 0.1) is 0 Å². The van der Waals surface area contributed by atoms with E-state index in [0.717, 1.165) is 0 Å². The first-order valence-corrected chi connectivity index (χ1v) is 6.39. The molecule has 2 unspecified atom stereocenters. The minimum atomic E-state index is -0.890. The van der Waals surface area contributed by atoms with E-state index >= 15 is 0 Å². The second-order valence-electron chi connectivity index (χ2n) is 4.77. The van der Waals surface area contributed by atoms with Gasteiger partial charge >= 0.3 is 17.9 Å². The van der Waals surface area contributed by atoms with Gasteiger partial charge in [0.2, 0.25) is 0 Å². The van der Waals surface area contributed by atoms with Gasteiger partial charge in [-0.2, -0.15) is 0 Å². The van der Waals surface area contributed by atoms with Gasteiger partial charge in [0.05, 0.1) is 12.2 Å². The molecule has 114 valence electrons. The molecule has 5 atom stereocenters. The summed E-state index contributed by atoms with van der Waals surface area (Å²) in [6.45, 7) is 7.13. The van der Waals surface area contributed by atoms with Gasteiger partial charge in [0.15, 0.2) is 18.3 Å². The van der Waals surface area contributed by atoms with Crippen molar-refractivity contribution in [3.8, 4) is 0 Å². The summed E-state index contributed by atoms with van der Waals surface area (Å²) >= 11 is 0. The summed E-state index contributed by atoms with van der Waals surface area (Å²) in [6, 6.07) is 0. The monoisotopic (exact) mass is 288 g/mol. The van der Waals surface area contributed by atoms with Crippen LogP contribution in [-0.4, -0.2) is 48.4 Å². The summed E-state index contributed by atoms with van der Waals surface area (Å²) in [4.78, 5) is 33.6. The molecular formula is C13H20O7. The molecule has 1 aliphatic rings. The van der Waals surface area contributed by atoms with Gasteiger partial charge in [0.25, 0.3) is 0 Å². The van der Waals surface area contributed by atoms with Crippen LogP contribution in [0.1, 0.15) is 34.6 Å². The van der Waals surface area contributed by atoms with Crippen LogP contribution in [0.25, 0.3) is 0 Å². The Kier molecular flexibility index (Phi) is 5.50. The molecule has 7 heteroatoms. The van der Waals surface area contributed by atoms with Crippen LogP contribution >= 0.6 is 0 Å². The van der Waals surface area contributed by atoms with Crippen LogP contribution in [0.4, 0.5) is 0 Å². The van der Waals surface area contributed by atoms with Gasteiger partial charge in [-0.3, -0.25) is 14.4 Å². The van der Waals surface area contributed by atoms with Gasteiger partial charge in [0.1, 0.15) is 0 Å². The standard InChI is InChI=1S/C13H20O7/c1-6-11(18-8(3)14)13(20-10(5)16)12(7(2)17-6)19-9(4)15/h6-7,11-13H,1-5H3/t6-,7?,11+,12+,13?/m0/s1. The number of rotatable bonds is 3. The van der Waals surface area contributed by atoms with Crippen molar-refractivity contribution in [2.45, 2.75) is 65.1 Å². The SMILES string of the molecule is CC(=O)OC1[C@H](OC(C)=O)C(C)O[C@@H](C)[C@H]1OC(C)=O. The molecule has 0 N–H and O–H groups in total. The van der Waals surface area contributed by atoms with Gasteiger partial charge in [-0.25, -0.2) is 0 Å². The number of hydrogen-bond donors (Lipinski definition) is 0. The van der Waals surface area contributed by atoms with E-state index in [1.54, 1.807) is 13.8 Å². The molecule has 0 saturated carbocycles. The van der Waals surface area contributed by atoms with Gasteiger partial charge < -0.3 is 18.9 Å². The lowest BCUT2D eigenvalue weighted by atomic mass is 9.95. The normalized spacial score (nSPS) is 33.1. The summed E-state index contributed by atoms with van der Waals surface area (Å²) in [5.74, 6) is -1.61. The highest BCUT2D eigenvalue weighted by Gasteiger charge is 2.48. The second-order valence-corrected chi connectivity index (χ2v) is 4.77. The first-order valence-electron chi connectivity index (χ1n) is 6.39. The van der Waals surface area contributed by atoms with Gasteiger partial charge in [0, 0.05) is 20.8 Å². The summed E-state index contributed by atoms with van der Waals surface area (Å²) < 4.78 is 21.1. The first kappa shape index (κ1) is 16.4. The molecule has 0 amide bonds. The summed E-state index contributed by atoms with van der Waals surface area (Å²) in [5, 5.41) is 0. The molecule has 1 fully saturated rings. The molecule has 1 saturated heterocycles. The van der Waals surface area contributed by atoms with Crippen LogP contribution in [0.2, 0.25) is 0 Å². The van der Waals surface area contributed by atoms with E-state index in [1.165, 1.54) is 20.8 Å². The number of carbonyl (C=O) groups is 3. The zero-order valence-electron chi connectivity index (χ0n) is 12.2. The molecule has 7 nitrogen and oxygen atoms in total. The molecule has 0 aliphatic carbocycles. The van der Waals surface area contributed by atoms with Crippen molar-refractivity contribution in [3.63, 3.8) is 0 Å². The fourth-order valence-corrected chi connectivity index (χ4v) is 2.25.